The molecule has 1 atom stereocenters. The molecule has 1 aromatic carbocycles. The molecule has 0 saturated carbocycles. The molecule has 21 heavy (non-hydrogen) atoms. The summed E-state index contributed by atoms with van der Waals surface area (Å²) in [5, 5.41) is 0.197. The molecule has 1 aliphatic rings. The molecule has 0 aromatic heterocycles. The van der Waals surface area contributed by atoms with Gasteiger partial charge in [0.25, 0.3) is 0 Å². The normalized spacial score (nSPS) is 18.6. The molecule has 0 radical (unpaired) electrons. The van der Waals surface area contributed by atoms with Crippen LogP contribution in [0.5, 0.6) is 0 Å². The fourth-order valence-corrected chi connectivity index (χ4v) is 3.52. The first-order valence-corrected chi connectivity index (χ1v) is 11.0. The van der Waals surface area contributed by atoms with Gasteiger partial charge in [0.1, 0.15) is 6.10 Å². The lowest BCUT2D eigenvalue weighted by atomic mass is 10.0. The lowest BCUT2D eigenvalue weighted by Gasteiger charge is -2.36. The van der Waals surface area contributed by atoms with Gasteiger partial charge in [0.2, 0.25) is 0 Å². The standard InChI is InChI=1S/C16H23BrO3Si/c1-16(2,3)21(4,5)19-9-8-14-12-7-6-11(17)10-13(12)15(18)20-14/h6-7,10,14H,8-9H2,1-5H3. The summed E-state index contributed by atoms with van der Waals surface area (Å²) in [6, 6.07) is 5.73. The van der Waals surface area contributed by atoms with E-state index in [1.54, 1.807) is 0 Å². The Morgan fingerprint density at radius 3 is 2.62 bits per heavy atom. The Labute approximate surface area is 136 Å². The number of hydrogen-bond acceptors (Lipinski definition) is 3. The predicted molar refractivity (Wildman–Crippen MR) is 90.1 cm³/mol. The maximum absolute atomic E-state index is 11.9. The topological polar surface area (TPSA) is 35.5 Å². The number of carbonyl (C=O) groups is 1. The van der Waals surface area contributed by atoms with Gasteiger partial charge in [-0.2, -0.15) is 0 Å². The molecular weight excluding hydrogens is 348 g/mol. The van der Waals surface area contributed by atoms with Crippen LogP contribution in [-0.4, -0.2) is 20.9 Å². The summed E-state index contributed by atoms with van der Waals surface area (Å²) >= 11 is 3.39. The van der Waals surface area contributed by atoms with E-state index >= 15 is 0 Å². The Hall–Kier alpha value is -0.653. The maximum Gasteiger partial charge on any atom is 0.339 e. The van der Waals surface area contributed by atoms with Crippen LogP contribution in [0.3, 0.4) is 0 Å². The van der Waals surface area contributed by atoms with E-state index in [4.69, 9.17) is 9.16 Å². The minimum absolute atomic E-state index is 0.176. The van der Waals surface area contributed by atoms with Gasteiger partial charge in [-0.1, -0.05) is 42.8 Å². The molecule has 1 aromatic rings. The van der Waals surface area contributed by atoms with Crippen molar-refractivity contribution in [2.45, 2.75) is 51.4 Å². The monoisotopic (exact) mass is 370 g/mol. The molecule has 2 rings (SSSR count). The zero-order valence-corrected chi connectivity index (χ0v) is 15.9. The maximum atomic E-state index is 11.9. The highest BCUT2D eigenvalue weighted by molar-refractivity contribution is 9.10. The Morgan fingerprint density at radius 2 is 2.00 bits per heavy atom. The van der Waals surface area contributed by atoms with E-state index in [0.29, 0.717) is 18.6 Å². The second kappa shape index (κ2) is 5.86. The zero-order valence-electron chi connectivity index (χ0n) is 13.3. The van der Waals surface area contributed by atoms with Crippen molar-refractivity contribution < 1.29 is 14.0 Å². The molecule has 3 nitrogen and oxygen atoms in total. The van der Waals surface area contributed by atoms with E-state index in [1.165, 1.54) is 0 Å². The molecule has 1 aliphatic heterocycles. The predicted octanol–water partition coefficient (Wildman–Crippen LogP) is 5.07. The third kappa shape index (κ3) is 3.58. The van der Waals surface area contributed by atoms with Gasteiger partial charge in [-0.25, -0.2) is 4.79 Å². The molecule has 0 aliphatic carbocycles. The van der Waals surface area contributed by atoms with Crippen LogP contribution in [0.2, 0.25) is 18.1 Å². The first kappa shape index (κ1) is 16.7. The molecule has 0 spiro atoms. The van der Waals surface area contributed by atoms with E-state index in [1.807, 2.05) is 18.2 Å². The fourth-order valence-electron chi connectivity index (χ4n) is 2.09. The molecule has 0 N–H and O–H groups in total. The highest BCUT2D eigenvalue weighted by Crippen LogP contribution is 2.38. The van der Waals surface area contributed by atoms with Crippen LogP contribution in [0.4, 0.5) is 0 Å². The number of rotatable bonds is 4. The molecule has 0 amide bonds. The lowest BCUT2D eigenvalue weighted by molar-refractivity contribution is 0.0336. The van der Waals surface area contributed by atoms with Crippen molar-refractivity contribution in [3.05, 3.63) is 33.8 Å². The number of halogens is 1. The Kier molecular flexibility index (Phi) is 4.66. The average Bonchev–Trinajstić information content (AvgIpc) is 2.64. The van der Waals surface area contributed by atoms with Gasteiger partial charge < -0.3 is 9.16 Å². The van der Waals surface area contributed by atoms with E-state index in [2.05, 4.69) is 49.8 Å². The van der Waals surface area contributed by atoms with Gasteiger partial charge in [-0.3, -0.25) is 0 Å². The van der Waals surface area contributed by atoms with Crippen molar-refractivity contribution in [3.8, 4) is 0 Å². The van der Waals surface area contributed by atoms with Crippen LogP contribution in [0.1, 0.15) is 49.2 Å². The third-order valence-electron chi connectivity index (χ3n) is 4.48. The van der Waals surface area contributed by atoms with Gasteiger partial charge in [-0.05, 0) is 30.3 Å². The van der Waals surface area contributed by atoms with E-state index < -0.39 is 8.32 Å². The molecule has 1 unspecified atom stereocenters. The Bertz CT molecular complexity index is 549. The van der Waals surface area contributed by atoms with Crippen LogP contribution in [-0.2, 0) is 9.16 Å². The highest BCUT2D eigenvalue weighted by Gasteiger charge is 2.38. The van der Waals surface area contributed by atoms with Crippen LogP contribution in [0.15, 0.2) is 22.7 Å². The van der Waals surface area contributed by atoms with Crippen molar-refractivity contribution in [3.63, 3.8) is 0 Å². The van der Waals surface area contributed by atoms with Gasteiger partial charge in [-0.15, -0.1) is 0 Å². The largest absolute Gasteiger partial charge is 0.454 e. The van der Waals surface area contributed by atoms with Crippen LogP contribution >= 0.6 is 15.9 Å². The molecule has 116 valence electrons. The first-order valence-electron chi connectivity index (χ1n) is 7.26. The van der Waals surface area contributed by atoms with Crippen molar-refractivity contribution in [1.82, 2.24) is 0 Å². The van der Waals surface area contributed by atoms with E-state index in [0.717, 1.165) is 10.0 Å². The number of hydrogen-bond donors (Lipinski definition) is 0. The minimum atomic E-state index is -1.74. The lowest BCUT2D eigenvalue weighted by Crippen LogP contribution is -2.41. The summed E-state index contributed by atoms with van der Waals surface area (Å²) in [6.07, 6.45) is 0.540. The average molecular weight is 371 g/mol. The van der Waals surface area contributed by atoms with Crippen molar-refractivity contribution in [1.29, 1.82) is 0 Å². The van der Waals surface area contributed by atoms with Crippen LogP contribution < -0.4 is 0 Å². The summed E-state index contributed by atoms with van der Waals surface area (Å²) in [7, 11) is -1.74. The number of benzene rings is 1. The van der Waals surface area contributed by atoms with Crippen molar-refractivity contribution in [2.75, 3.05) is 6.61 Å². The van der Waals surface area contributed by atoms with E-state index in [-0.39, 0.29) is 17.1 Å². The number of cyclic esters (lactones) is 1. The minimum Gasteiger partial charge on any atom is -0.454 e. The summed E-state index contributed by atoms with van der Waals surface area (Å²) in [5.41, 5.74) is 1.64. The zero-order chi connectivity index (χ0) is 15.8. The molecule has 1 heterocycles. The summed E-state index contributed by atoms with van der Waals surface area (Å²) < 4.78 is 12.5. The summed E-state index contributed by atoms with van der Waals surface area (Å²) in [4.78, 5) is 11.9. The Balaban J connectivity index is 2.00. The SMILES string of the molecule is CC(C)(C)[Si](C)(C)OCCC1OC(=O)c2cc(Br)ccc21. The smallest absolute Gasteiger partial charge is 0.339 e. The van der Waals surface area contributed by atoms with Crippen molar-refractivity contribution in [2.24, 2.45) is 0 Å². The van der Waals surface area contributed by atoms with Crippen LogP contribution in [0.25, 0.3) is 0 Å². The summed E-state index contributed by atoms with van der Waals surface area (Å²) in [6.45, 7) is 11.8. The van der Waals surface area contributed by atoms with Crippen LogP contribution in [0, 0.1) is 0 Å². The molecule has 0 saturated heterocycles. The quantitative estimate of drug-likeness (QED) is 0.547. The second-order valence-corrected chi connectivity index (χ2v) is 12.7. The number of fused-ring (bicyclic) bond motifs is 1. The molecule has 5 heteroatoms. The van der Waals surface area contributed by atoms with Gasteiger partial charge >= 0.3 is 5.97 Å². The molecular formula is C16H23BrO3Si. The molecule has 0 bridgehead atoms. The van der Waals surface area contributed by atoms with E-state index in [9.17, 15) is 4.79 Å². The number of esters is 1. The highest BCUT2D eigenvalue weighted by atomic mass is 79.9. The fraction of sp³-hybridized carbons (Fsp3) is 0.562. The second-order valence-electron chi connectivity index (χ2n) is 7.02. The van der Waals surface area contributed by atoms with Gasteiger partial charge in [0.05, 0.1) is 5.56 Å². The summed E-state index contributed by atoms with van der Waals surface area (Å²) in [5.74, 6) is -0.233. The van der Waals surface area contributed by atoms with Gasteiger partial charge in [0.15, 0.2) is 8.32 Å². The Morgan fingerprint density at radius 1 is 1.33 bits per heavy atom. The first-order chi connectivity index (χ1) is 9.62. The molecule has 0 fully saturated rings. The van der Waals surface area contributed by atoms with Crippen molar-refractivity contribution >= 4 is 30.2 Å². The number of ether oxygens (including phenoxy) is 1. The van der Waals surface area contributed by atoms with Gasteiger partial charge in [0, 0.05) is 23.1 Å². The third-order valence-corrected chi connectivity index (χ3v) is 9.51. The number of carbonyl (C=O) groups excluding carboxylic acids is 1.